The maximum absolute atomic E-state index is 13.3. The third-order valence-corrected chi connectivity index (χ3v) is 10.1. The monoisotopic (exact) mass is 598 g/mol. The normalized spacial score (nSPS) is 20.9. The molecule has 7 rings (SSSR count). The standard InChI is InChI=1S/C31H23ClN4O3S2/c32-22-12-10-20(11-13-22)30-27-18-21-6-4-5-9-26(21)29(27)33-36(30)24-14-16-25(17-15-24)41(38,39)34-31-35(28(37)19-40-31)23-7-2-1-3-8-23/h1-17,27,30H,18-19H2/b34-31-. The maximum Gasteiger partial charge on any atom is 0.284 e. The van der Waals surface area contributed by atoms with Crippen LogP contribution in [-0.2, 0) is 21.2 Å². The summed E-state index contributed by atoms with van der Waals surface area (Å²) in [5.41, 5.74) is 5.90. The average molecular weight is 599 g/mol. The number of anilines is 2. The number of sulfonamides is 1. The van der Waals surface area contributed by atoms with Crippen molar-refractivity contribution in [2.24, 2.45) is 15.4 Å². The molecule has 41 heavy (non-hydrogen) atoms. The highest BCUT2D eigenvalue weighted by Gasteiger charge is 2.44. The van der Waals surface area contributed by atoms with E-state index in [9.17, 15) is 13.2 Å². The SMILES string of the molecule is O=C1CS/C(=N\S(=O)(=O)c2ccc(N3N=C4c5ccccc5CC4C3c3ccc(Cl)cc3)cc2)N1c1ccccc1. The van der Waals surface area contributed by atoms with Crippen LogP contribution in [0.4, 0.5) is 11.4 Å². The molecule has 2 atom stereocenters. The second-order valence-corrected chi connectivity index (χ2v) is 13.0. The summed E-state index contributed by atoms with van der Waals surface area (Å²) in [5, 5.41) is 7.85. The van der Waals surface area contributed by atoms with Crippen molar-refractivity contribution >= 4 is 61.5 Å². The number of halogens is 1. The maximum atomic E-state index is 13.3. The number of hydrogen-bond donors (Lipinski definition) is 0. The van der Waals surface area contributed by atoms with Gasteiger partial charge < -0.3 is 0 Å². The van der Waals surface area contributed by atoms with Crippen LogP contribution in [0, 0.1) is 5.92 Å². The molecule has 0 N–H and O–H groups in total. The Morgan fingerprint density at radius 3 is 2.32 bits per heavy atom. The predicted octanol–water partition coefficient (Wildman–Crippen LogP) is 6.30. The zero-order valence-electron chi connectivity index (χ0n) is 21.6. The largest absolute Gasteiger partial charge is 0.284 e. The van der Waals surface area contributed by atoms with Gasteiger partial charge in [-0.15, -0.1) is 4.40 Å². The van der Waals surface area contributed by atoms with Crippen molar-refractivity contribution in [1.82, 2.24) is 0 Å². The summed E-state index contributed by atoms with van der Waals surface area (Å²) in [5.74, 6) is 0.0803. The highest BCUT2D eigenvalue weighted by Crippen LogP contribution is 2.46. The highest BCUT2D eigenvalue weighted by molar-refractivity contribution is 8.16. The molecule has 2 unspecified atom stereocenters. The first-order valence-electron chi connectivity index (χ1n) is 13.1. The Kier molecular flexibility index (Phi) is 6.45. The van der Waals surface area contributed by atoms with Gasteiger partial charge in [0.1, 0.15) is 0 Å². The lowest BCUT2D eigenvalue weighted by Gasteiger charge is -2.28. The smallest absolute Gasteiger partial charge is 0.273 e. The number of hydrogen-bond acceptors (Lipinski definition) is 6. The van der Waals surface area contributed by atoms with Gasteiger partial charge >= 0.3 is 0 Å². The van der Waals surface area contributed by atoms with Crippen LogP contribution in [0.15, 0.2) is 118 Å². The van der Waals surface area contributed by atoms with E-state index in [0.29, 0.717) is 10.7 Å². The topological polar surface area (TPSA) is 82.4 Å². The van der Waals surface area contributed by atoms with Gasteiger partial charge in [-0.25, -0.2) is 0 Å². The molecule has 1 amide bonds. The van der Waals surface area contributed by atoms with Crippen LogP contribution in [0.25, 0.3) is 0 Å². The molecule has 7 nitrogen and oxygen atoms in total. The van der Waals surface area contributed by atoms with Crippen LogP contribution >= 0.6 is 23.4 Å². The lowest BCUT2D eigenvalue weighted by molar-refractivity contribution is -0.115. The van der Waals surface area contributed by atoms with Crippen LogP contribution in [-0.4, -0.2) is 31.0 Å². The zero-order valence-corrected chi connectivity index (χ0v) is 24.0. The van der Waals surface area contributed by atoms with Crippen molar-refractivity contribution in [2.45, 2.75) is 17.4 Å². The van der Waals surface area contributed by atoms with Crippen LogP contribution in [0.1, 0.15) is 22.7 Å². The molecule has 2 heterocycles. The molecule has 4 aromatic rings. The van der Waals surface area contributed by atoms with Crippen molar-refractivity contribution in [3.05, 3.63) is 125 Å². The number of fused-ring (bicyclic) bond motifs is 3. The third kappa shape index (κ3) is 4.64. The number of nitrogens with zero attached hydrogens (tertiary/aromatic N) is 4. The van der Waals surface area contributed by atoms with Gasteiger partial charge in [0.15, 0.2) is 5.17 Å². The molecule has 0 radical (unpaired) electrons. The first-order chi connectivity index (χ1) is 19.9. The Bertz CT molecular complexity index is 1830. The van der Waals surface area contributed by atoms with E-state index in [1.807, 2.05) is 41.4 Å². The molecular weight excluding hydrogens is 576 g/mol. The molecular formula is C31H23ClN4O3S2. The second kappa shape index (κ2) is 10.2. The number of amidine groups is 1. The van der Waals surface area contributed by atoms with Crippen molar-refractivity contribution in [1.29, 1.82) is 0 Å². The Morgan fingerprint density at radius 2 is 1.56 bits per heavy atom. The lowest BCUT2D eigenvalue weighted by atomic mass is 9.90. The molecule has 0 aromatic heterocycles. The summed E-state index contributed by atoms with van der Waals surface area (Å²) >= 11 is 7.31. The van der Waals surface area contributed by atoms with E-state index in [2.05, 4.69) is 22.6 Å². The summed E-state index contributed by atoms with van der Waals surface area (Å²) < 4.78 is 30.7. The van der Waals surface area contributed by atoms with Crippen LogP contribution in [0.5, 0.6) is 0 Å². The van der Waals surface area contributed by atoms with Gasteiger partial charge in [-0.1, -0.05) is 78.0 Å². The fourth-order valence-corrected chi connectivity index (χ4v) is 7.88. The van der Waals surface area contributed by atoms with Crippen LogP contribution < -0.4 is 9.91 Å². The number of hydrazone groups is 1. The number of carbonyl (C=O) groups excluding carboxylic acids is 1. The van der Waals surface area contributed by atoms with E-state index in [-0.39, 0.29) is 33.7 Å². The Hall–Kier alpha value is -3.92. The van der Waals surface area contributed by atoms with E-state index >= 15 is 0 Å². The quantitative estimate of drug-likeness (QED) is 0.269. The molecule has 1 saturated heterocycles. The van der Waals surface area contributed by atoms with Gasteiger partial charge in [0, 0.05) is 16.5 Å². The molecule has 0 spiro atoms. The molecule has 2 aliphatic heterocycles. The van der Waals surface area contributed by atoms with E-state index in [1.54, 1.807) is 48.5 Å². The molecule has 3 aliphatic rings. The predicted molar refractivity (Wildman–Crippen MR) is 164 cm³/mol. The fourth-order valence-electron chi connectivity index (χ4n) is 5.66. The fraction of sp³-hybridized carbons (Fsp3) is 0.129. The first-order valence-corrected chi connectivity index (χ1v) is 15.9. The highest BCUT2D eigenvalue weighted by atomic mass is 35.5. The van der Waals surface area contributed by atoms with Crippen LogP contribution in [0.3, 0.4) is 0 Å². The summed E-state index contributed by atoms with van der Waals surface area (Å²) in [6.07, 6.45) is 0.872. The van der Waals surface area contributed by atoms with E-state index in [1.165, 1.54) is 10.5 Å². The minimum Gasteiger partial charge on any atom is -0.273 e. The number of carbonyl (C=O) groups is 1. The van der Waals surface area contributed by atoms with Gasteiger partial charge in [-0.2, -0.15) is 13.5 Å². The summed E-state index contributed by atoms with van der Waals surface area (Å²) in [7, 11) is -4.07. The van der Waals surface area contributed by atoms with E-state index in [4.69, 9.17) is 16.7 Å². The molecule has 10 heteroatoms. The zero-order chi connectivity index (χ0) is 28.1. The molecule has 1 aliphatic carbocycles. The number of amides is 1. The van der Waals surface area contributed by atoms with Gasteiger partial charge in [-0.3, -0.25) is 14.7 Å². The van der Waals surface area contributed by atoms with Gasteiger partial charge in [0.2, 0.25) is 5.91 Å². The van der Waals surface area contributed by atoms with E-state index < -0.39 is 10.0 Å². The Labute approximate surface area is 247 Å². The summed E-state index contributed by atoms with van der Waals surface area (Å²) in [6, 6.07) is 31.6. The van der Waals surface area contributed by atoms with Crippen molar-refractivity contribution in [3.8, 4) is 0 Å². The molecule has 204 valence electrons. The second-order valence-electron chi connectivity index (χ2n) is 9.99. The van der Waals surface area contributed by atoms with Crippen LogP contribution in [0.2, 0.25) is 5.02 Å². The molecule has 1 fully saturated rings. The summed E-state index contributed by atoms with van der Waals surface area (Å²) in [6.45, 7) is 0. The lowest BCUT2D eigenvalue weighted by Crippen LogP contribution is -2.29. The number of para-hydroxylation sites is 1. The number of benzene rings is 4. The Morgan fingerprint density at radius 1 is 0.854 bits per heavy atom. The number of rotatable bonds is 5. The average Bonchev–Trinajstić information content (AvgIpc) is 3.65. The number of thioether (sulfide) groups is 1. The van der Waals surface area contributed by atoms with Gasteiger partial charge in [-0.05, 0) is 66.1 Å². The van der Waals surface area contributed by atoms with Crippen molar-refractivity contribution in [3.63, 3.8) is 0 Å². The summed E-state index contributed by atoms with van der Waals surface area (Å²) in [4.78, 5) is 13.9. The van der Waals surface area contributed by atoms with Crippen molar-refractivity contribution < 1.29 is 13.2 Å². The third-order valence-electron chi connectivity index (χ3n) is 7.53. The van der Waals surface area contributed by atoms with Crippen molar-refractivity contribution in [2.75, 3.05) is 15.7 Å². The molecule has 0 bridgehead atoms. The minimum atomic E-state index is -4.07. The minimum absolute atomic E-state index is 0.0437. The molecule has 4 aromatic carbocycles. The van der Waals surface area contributed by atoms with Gasteiger partial charge in [0.25, 0.3) is 10.0 Å². The van der Waals surface area contributed by atoms with Gasteiger partial charge in [0.05, 0.1) is 33.8 Å². The first kappa shape index (κ1) is 26.0. The van der Waals surface area contributed by atoms with E-state index in [0.717, 1.165) is 40.7 Å². The molecule has 0 saturated carbocycles. The Balaban J connectivity index is 1.22.